The van der Waals surface area contributed by atoms with E-state index >= 15 is 0 Å². The maximum absolute atomic E-state index is 10.6. The minimum absolute atomic E-state index is 0.137. The summed E-state index contributed by atoms with van der Waals surface area (Å²) >= 11 is 0. The predicted octanol–water partition coefficient (Wildman–Crippen LogP) is -1.36. The van der Waals surface area contributed by atoms with Crippen LogP contribution in [0.1, 0.15) is 6.42 Å². The van der Waals surface area contributed by atoms with Crippen molar-refractivity contribution < 1.29 is 32.8 Å². The summed E-state index contributed by atoms with van der Waals surface area (Å²) in [5.41, 5.74) is 0. The fourth-order valence-electron chi connectivity index (χ4n) is 0.935. The number of hydrogen-bond donors (Lipinski definition) is 4. The Bertz CT molecular complexity index is 350. The van der Waals surface area contributed by atoms with Gasteiger partial charge < -0.3 is 15.5 Å². The highest BCUT2D eigenvalue weighted by molar-refractivity contribution is 7.85. The van der Waals surface area contributed by atoms with Crippen LogP contribution in [0.5, 0.6) is 0 Å². The van der Waals surface area contributed by atoms with E-state index in [2.05, 4.69) is 5.32 Å². The molecule has 9 heteroatoms. The van der Waals surface area contributed by atoms with Gasteiger partial charge in [0.25, 0.3) is 10.1 Å². The van der Waals surface area contributed by atoms with E-state index < -0.39 is 40.1 Å². The average Bonchev–Trinajstić information content (AvgIpc) is 2.07. The number of hydrogen-bond acceptors (Lipinski definition) is 5. The van der Waals surface area contributed by atoms with Crippen molar-refractivity contribution in [3.8, 4) is 0 Å². The van der Waals surface area contributed by atoms with Crippen LogP contribution in [0.25, 0.3) is 0 Å². The number of carboxylic acid groups (broad SMARTS) is 2. The zero-order valence-corrected chi connectivity index (χ0v) is 9.11. The Kier molecular flexibility index (Phi) is 5.93. The van der Waals surface area contributed by atoms with Crippen LogP contribution < -0.4 is 5.32 Å². The van der Waals surface area contributed by atoms with Gasteiger partial charge in [0.1, 0.15) is 0 Å². The van der Waals surface area contributed by atoms with Crippen molar-refractivity contribution in [3.63, 3.8) is 0 Å². The van der Waals surface area contributed by atoms with Crippen molar-refractivity contribution in [2.24, 2.45) is 5.92 Å². The molecule has 0 saturated heterocycles. The number of carbonyl (C=O) groups is 2. The van der Waals surface area contributed by atoms with E-state index in [0.717, 1.165) is 0 Å². The largest absolute Gasteiger partial charge is 0.481 e. The summed E-state index contributed by atoms with van der Waals surface area (Å²) in [6.45, 7) is -0.306. The summed E-state index contributed by atoms with van der Waals surface area (Å²) in [5.74, 6) is -4.20. The first-order valence-electron chi connectivity index (χ1n) is 4.33. The summed E-state index contributed by atoms with van der Waals surface area (Å²) in [7, 11) is -4.09. The molecule has 0 bridgehead atoms. The molecule has 0 spiro atoms. The van der Waals surface area contributed by atoms with Crippen molar-refractivity contribution in [1.29, 1.82) is 0 Å². The van der Waals surface area contributed by atoms with Gasteiger partial charge in [0.2, 0.25) is 0 Å². The molecule has 0 heterocycles. The molecule has 1 atom stereocenters. The Morgan fingerprint density at radius 3 is 2.19 bits per heavy atom. The fourth-order valence-corrected chi connectivity index (χ4v) is 1.34. The quantitative estimate of drug-likeness (QED) is 0.308. The first-order valence-corrected chi connectivity index (χ1v) is 5.94. The first-order chi connectivity index (χ1) is 7.22. The van der Waals surface area contributed by atoms with Gasteiger partial charge in [-0.3, -0.25) is 14.1 Å². The molecule has 0 rings (SSSR count). The number of nitrogens with one attached hydrogen (secondary N) is 1. The molecule has 94 valence electrons. The van der Waals surface area contributed by atoms with Gasteiger partial charge >= 0.3 is 11.9 Å². The van der Waals surface area contributed by atoms with E-state index in [1.54, 1.807) is 0 Å². The summed E-state index contributed by atoms with van der Waals surface area (Å²) in [5, 5.41) is 19.4. The third kappa shape index (κ3) is 8.15. The zero-order valence-electron chi connectivity index (χ0n) is 8.29. The van der Waals surface area contributed by atoms with Crippen molar-refractivity contribution >= 4 is 22.1 Å². The molecule has 0 aliphatic carbocycles. The Morgan fingerprint density at radius 1 is 1.25 bits per heavy atom. The fraction of sp³-hybridized carbons (Fsp3) is 0.714. The van der Waals surface area contributed by atoms with Crippen LogP contribution >= 0.6 is 0 Å². The second-order valence-electron chi connectivity index (χ2n) is 3.12. The van der Waals surface area contributed by atoms with E-state index in [-0.39, 0.29) is 13.1 Å². The molecular formula is C7H13NO7S. The van der Waals surface area contributed by atoms with Gasteiger partial charge in [-0.1, -0.05) is 0 Å². The number of carboxylic acids is 2. The molecule has 0 aromatic rings. The molecular weight excluding hydrogens is 242 g/mol. The van der Waals surface area contributed by atoms with E-state index in [1.165, 1.54) is 0 Å². The zero-order chi connectivity index (χ0) is 12.8. The molecule has 0 fully saturated rings. The van der Waals surface area contributed by atoms with Crippen LogP contribution in [0.3, 0.4) is 0 Å². The Hall–Kier alpha value is -1.19. The van der Waals surface area contributed by atoms with Gasteiger partial charge in [-0.05, 0) is 0 Å². The third-order valence-electron chi connectivity index (χ3n) is 1.70. The predicted molar refractivity (Wildman–Crippen MR) is 52.7 cm³/mol. The molecule has 0 amide bonds. The van der Waals surface area contributed by atoms with Crippen LogP contribution in [0.2, 0.25) is 0 Å². The van der Waals surface area contributed by atoms with Gasteiger partial charge in [-0.15, -0.1) is 0 Å². The summed E-state index contributed by atoms with van der Waals surface area (Å²) < 4.78 is 28.9. The molecule has 8 nitrogen and oxygen atoms in total. The summed E-state index contributed by atoms with van der Waals surface area (Å²) in [6, 6.07) is 0. The summed E-state index contributed by atoms with van der Waals surface area (Å²) in [4.78, 5) is 20.8. The molecule has 0 aliphatic heterocycles. The Balaban J connectivity index is 3.95. The number of rotatable bonds is 8. The van der Waals surface area contributed by atoms with Gasteiger partial charge in [-0.2, -0.15) is 8.42 Å². The lowest BCUT2D eigenvalue weighted by molar-refractivity contribution is -0.148. The van der Waals surface area contributed by atoms with Crippen LogP contribution in [-0.4, -0.2) is 54.0 Å². The lowest BCUT2D eigenvalue weighted by Gasteiger charge is -2.10. The number of aliphatic carboxylic acids is 2. The van der Waals surface area contributed by atoms with E-state index in [1.807, 2.05) is 0 Å². The standard InChI is InChI=1S/C7H13NO7S/c9-6(10)3-5(7(11)12)4-8-1-2-16(13,14)15/h5,8H,1-4H2,(H,9,10)(H,11,12)(H,13,14,15). The summed E-state index contributed by atoms with van der Waals surface area (Å²) in [6.07, 6.45) is -0.547. The van der Waals surface area contributed by atoms with Gasteiger partial charge in [0.05, 0.1) is 18.1 Å². The van der Waals surface area contributed by atoms with E-state index in [0.29, 0.717) is 0 Å². The van der Waals surface area contributed by atoms with Gasteiger partial charge in [0, 0.05) is 13.1 Å². The smallest absolute Gasteiger partial charge is 0.308 e. The minimum Gasteiger partial charge on any atom is -0.481 e. The van der Waals surface area contributed by atoms with Crippen molar-refractivity contribution in [2.75, 3.05) is 18.8 Å². The third-order valence-corrected chi connectivity index (χ3v) is 2.42. The molecule has 16 heavy (non-hydrogen) atoms. The maximum atomic E-state index is 10.6. The highest BCUT2D eigenvalue weighted by Crippen LogP contribution is 2.01. The van der Waals surface area contributed by atoms with Crippen LogP contribution in [-0.2, 0) is 19.7 Å². The molecule has 0 aliphatic rings. The molecule has 0 aromatic carbocycles. The molecule has 0 aromatic heterocycles. The monoisotopic (exact) mass is 255 g/mol. The average molecular weight is 255 g/mol. The van der Waals surface area contributed by atoms with E-state index in [9.17, 15) is 18.0 Å². The SMILES string of the molecule is O=C(O)CC(CNCCS(=O)(=O)O)C(=O)O. The lowest BCUT2D eigenvalue weighted by atomic mass is 10.1. The Morgan fingerprint density at radius 2 is 1.81 bits per heavy atom. The van der Waals surface area contributed by atoms with Crippen LogP contribution in [0.15, 0.2) is 0 Å². The van der Waals surface area contributed by atoms with Crippen molar-refractivity contribution in [2.45, 2.75) is 6.42 Å². The van der Waals surface area contributed by atoms with Crippen molar-refractivity contribution in [3.05, 3.63) is 0 Å². The van der Waals surface area contributed by atoms with Crippen LogP contribution in [0.4, 0.5) is 0 Å². The highest BCUT2D eigenvalue weighted by atomic mass is 32.2. The second-order valence-corrected chi connectivity index (χ2v) is 4.70. The maximum Gasteiger partial charge on any atom is 0.308 e. The topological polar surface area (TPSA) is 141 Å². The normalized spacial score (nSPS) is 13.3. The lowest BCUT2D eigenvalue weighted by Crippen LogP contribution is -2.33. The second kappa shape index (κ2) is 6.40. The highest BCUT2D eigenvalue weighted by Gasteiger charge is 2.20. The van der Waals surface area contributed by atoms with Crippen molar-refractivity contribution in [1.82, 2.24) is 5.32 Å². The molecule has 4 N–H and O–H groups in total. The van der Waals surface area contributed by atoms with Gasteiger partial charge in [0.15, 0.2) is 0 Å². The molecule has 0 saturated carbocycles. The first kappa shape index (κ1) is 14.8. The Labute approximate surface area is 92.0 Å². The van der Waals surface area contributed by atoms with E-state index in [4.69, 9.17) is 14.8 Å². The van der Waals surface area contributed by atoms with Crippen LogP contribution in [0, 0.1) is 5.92 Å². The van der Waals surface area contributed by atoms with Gasteiger partial charge in [-0.25, -0.2) is 0 Å². The molecule has 1 unspecified atom stereocenters. The minimum atomic E-state index is -4.09. The molecule has 0 radical (unpaired) electrons.